The summed E-state index contributed by atoms with van der Waals surface area (Å²) in [5, 5.41) is 12.5. The summed E-state index contributed by atoms with van der Waals surface area (Å²) in [7, 11) is 0. The standard InChI is InChI=1S/C10H13NO3.2C2H6.W/c12-10(13)6-5-8-7-3-1-2-4-9(7)14-11-8;2*1-2;/h1-6H2,(H,12,13);2*1-2H3;. The van der Waals surface area contributed by atoms with Gasteiger partial charge >= 0.3 is 5.97 Å². The fourth-order valence-electron chi connectivity index (χ4n) is 1.87. The molecule has 0 saturated carbocycles. The Hall–Kier alpha value is -0.632. The van der Waals surface area contributed by atoms with Crippen molar-refractivity contribution in [2.45, 2.75) is 66.2 Å². The Bertz CT molecular complexity index is 350. The monoisotopic (exact) mass is 439 g/mol. The van der Waals surface area contributed by atoms with Gasteiger partial charge in [0, 0.05) is 39.5 Å². The molecule has 1 aliphatic rings. The van der Waals surface area contributed by atoms with Crippen molar-refractivity contribution in [3.8, 4) is 0 Å². The summed E-state index contributed by atoms with van der Waals surface area (Å²) in [5.74, 6) is 0.189. The number of rotatable bonds is 3. The summed E-state index contributed by atoms with van der Waals surface area (Å²) < 4.78 is 5.18. The number of aliphatic carboxylic acids is 1. The van der Waals surface area contributed by atoms with Crippen molar-refractivity contribution in [3.05, 3.63) is 17.0 Å². The fraction of sp³-hybridized carbons (Fsp3) is 0.714. The third-order valence-electron chi connectivity index (χ3n) is 2.61. The Morgan fingerprint density at radius 2 is 1.79 bits per heavy atom. The van der Waals surface area contributed by atoms with Gasteiger partial charge in [0.05, 0.1) is 12.1 Å². The number of fused-ring (bicyclic) bond motifs is 1. The van der Waals surface area contributed by atoms with E-state index in [1.54, 1.807) is 0 Å². The van der Waals surface area contributed by atoms with Crippen LogP contribution in [0.3, 0.4) is 0 Å². The predicted octanol–water partition coefficient (Wildman–Crippen LogP) is 3.62. The number of carbonyl (C=O) groups is 1. The third-order valence-corrected chi connectivity index (χ3v) is 2.61. The average molecular weight is 439 g/mol. The van der Waals surface area contributed by atoms with Gasteiger partial charge in [0.1, 0.15) is 5.76 Å². The van der Waals surface area contributed by atoms with E-state index in [4.69, 9.17) is 9.63 Å². The molecule has 19 heavy (non-hydrogen) atoms. The van der Waals surface area contributed by atoms with Gasteiger partial charge in [0.15, 0.2) is 0 Å². The summed E-state index contributed by atoms with van der Waals surface area (Å²) in [5.41, 5.74) is 2.01. The van der Waals surface area contributed by atoms with E-state index < -0.39 is 5.97 Å². The Kier molecular flexibility index (Phi) is 13.5. The summed E-state index contributed by atoms with van der Waals surface area (Å²) in [4.78, 5) is 10.4. The first-order valence-corrected chi connectivity index (χ1v) is 6.95. The minimum atomic E-state index is -0.780. The number of hydrogen-bond acceptors (Lipinski definition) is 3. The third kappa shape index (κ3) is 6.91. The quantitative estimate of drug-likeness (QED) is 0.782. The number of hydrogen-bond donors (Lipinski definition) is 1. The molecule has 0 unspecified atom stereocenters. The Morgan fingerprint density at radius 1 is 1.21 bits per heavy atom. The van der Waals surface area contributed by atoms with E-state index >= 15 is 0 Å². The molecule has 110 valence electrons. The zero-order valence-corrected chi connectivity index (χ0v) is 15.3. The molecule has 0 aliphatic heterocycles. The van der Waals surface area contributed by atoms with Crippen molar-refractivity contribution in [1.82, 2.24) is 5.16 Å². The second kappa shape index (κ2) is 12.4. The molecule has 0 saturated heterocycles. The summed E-state index contributed by atoms with van der Waals surface area (Å²) in [6.45, 7) is 8.00. The number of aryl methyl sites for hydroxylation is 2. The van der Waals surface area contributed by atoms with E-state index in [1.807, 2.05) is 27.7 Å². The molecular formula is C14H25NO3W. The van der Waals surface area contributed by atoms with Crippen LogP contribution in [0.4, 0.5) is 0 Å². The van der Waals surface area contributed by atoms with Crippen LogP contribution in [-0.2, 0) is 45.1 Å². The maximum atomic E-state index is 10.4. The minimum absolute atomic E-state index is 0. The number of aromatic nitrogens is 1. The molecule has 0 fully saturated rings. The van der Waals surface area contributed by atoms with Gasteiger partial charge in [-0.25, -0.2) is 0 Å². The Balaban J connectivity index is 0. The molecule has 0 spiro atoms. The maximum absolute atomic E-state index is 10.4. The molecule has 0 atom stereocenters. The second-order valence-corrected chi connectivity index (χ2v) is 3.63. The van der Waals surface area contributed by atoms with Crippen molar-refractivity contribution in [1.29, 1.82) is 0 Å². The van der Waals surface area contributed by atoms with Crippen LogP contribution >= 0.6 is 0 Å². The Morgan fingerprint density at radius 3 is 2.37 bits per heavy atom. The molecule has 1 heterocycles. The van der Waals surface area contributed by atoms with E-state index in [2.05, 4.69) is 5.16 Å². The van der Waals surface area contributed by atoms with Crippen molar-refractivity contribution in [2.75, 3.05) is 0 Å². The van der Waals surface area contributed by atoms with Crippen molar-refractivity contribution >= 4 is 5.97 Å². The van der Waals surface area contributed by atoms with Gasteiger partial charge in [-0.3, -0.25) is 4.79 Å². The first-order chi connectivity index (χ1) is 8.77. The summed E-state index contributed by atoms with van der Waals surface area (Å²) in [6.07, 6.45) is 4.89. The van der Waals surface area contributed by atoms with Gasteiger partial charge in [-0.15, -0.1) is 0 Å². The number of carboxylic acid groups (broad SMARTS) is 1. The molecular weight excluding hydrogens is 414 g/mol. The van der Waals surface area contributed by atoms with Gasteiger partial charge in [-0.05, 0) is 19.3 Å². The van der Waals surface area contributed by atoms with E-state index in [0.717, 1.165) is 42.7 Å². The zero-order chi connectivity index (χ0) is 14.0. The molecule has 0 aromatic carbocycles. The van der Waals surface area contributed by atoms with Crippen LogP contribution in [0.1, 0.15) is 64.0 Å². The largest absolute Gasteiger partial charge is 0.481 e. The van der Waals surface area contributed by atoms with Crippen LogP contribution < -0.4 is 0 Å². The summed E-state index contributed by atoms with van der Waals surface area (Å²) in [6, 6.07) is 0. The van der Waals surface area contributed by atoms with Gasteiger partial charge < -0.3 is 9.63 Å². The predicted molar refractivity (Wildman–Crippen MR) is 71.8 cm³/mol. The van der Waals surface area contributed by atoms with E-state index in [9.17, 15) is 4.79 Å². The van der Waals surface area contributed by atoms with Crippen LogP contribution in [0.15, 0.2) is 4.52 Å². The fourth-order valence-corrected chi connectivity index (χ4v) is 1.87. The van der Waals surface area contributed by atoms with Gasteiger partial charge in [-0.1, -0.05) is 32.9 Å². The minimum Gasteiger partial charge on any atom is -0.481 e. The molecule has 1 aromatic heterocycles. The van der Waals surface area contributed by atoms with Crippen LogP contribution in [0, 0.1) is 0 Å². The molecule has 0 radical (unpaired) electrons. The first kappa shape index (κ1) is 20.7. The Labute approximate surface area is 130 Å². The molecule has 4 nitrogen and oxygen atoms in total. The molecule has 0 bridgehead atoms. The smallest absolute Gasteiger partial charge is 0.303 e. The number of carboxylic acids is 1. The molecule has 2 rings (SSSR count). The molecule has 1 N–H and O–H groups in total. The van der Waals surface area contributed by atoms with Crippen molar-refractivity contribution in [3.63, 3.8) is 0 Å². The van der Waals surface area contributed by atoms with Crippen molar-refractivity contribution in [2.24, 2.45) is 0 Å². The maximum Gasteiger partial charge on any atom is 0.303 e. The van der Waals surface area contributed by atoms with Gasteiger partial charge in [0.25, 0.3) is 0 Å². The van der Waals surface area contributed by atoms with E-state index in [1.165, 1.54) is 0 Å². The molecule has 1 aromatic rings. The van der Waals surface area contributed by atoms with E-state index in [0.29, 0.717) is 6.42 Å². The van der Waals surface area contributed by atoms with Gasteiger partial charge in [0.2, 0.25) is 0 Å². The number of nitrogens with zero attached hydrogens (tertiary/aromatic N) is 1. The van der Waals surface area contributed by atoms with Crippen LogP contribution in [-0.4, -0.2) is 16.2 Å². The van der Waals surface area contributed by atoms with E-state index in [-0.39, 0.29) is 27.5 Å². The van der Waals surface area contributed by atoms with Crippen LogP contribution in [0.25, 0.3) is 0 Å². The first-order valence-electron chi connectivity index (χ1n) is 6.95. The SMILES string of the molecule is CC.CC.O=C(O)CCc1noc2c1CCCC2.[W]. The molecule has 1 aliphatic carbocycles. The van der Waals surface area contributed by atoms with Crippen LogP contribution in [0.5, 0.6) is 0 Å². The zero-order valence-electron chi connectivity index (χ0n) is 12.4. The molecule has 5 heteroatoms. The summed E-state index contributed by atoms with van der Waals surface area (Å²) >= 11 is 0. The topological polar surface area (TPSA) is 63.3 Å². The molecule has 0 amide bonds. The normalized spacial score (nSPS) is 11.8. The van der Waals surface area contributed by atoms with Gasteiger partial charge in [-0.2, -0.15) is 0 Å². The van der Waals surface area contributed by atoms with Crippen LogP contribution in [0.2, 0.25) is 0 Å². The average Bonchev–Trinajstić information content (AvgIpc) is 2.84. The second-order valence-electron chi connectivity index (χ2n) is 3.63. The van der Waals surface area contributed by atoms with Crippen molar-refractivity contribution < 1.29 is 35.5 Å².